The number of nitrogens with one attached hydrogen (secondary N) is 1. The van der Waals surface area contributed by atoms with E-state index >= 15 is 0 Å². The molecule has 1 saturated heterocycles. The van der Waals surface area contributed by atoms with E-state index in [4.69, 9.17) is 4.74 Å². The largest absolute Gasteiger partial charge is 0.384 e. The average Bonchev–Trinajstić information content (AvgIpc) is 2.91. The van der Waals surface area contributed by atoms with Gasteiger partial charge in [0, 0.05) is 19.3 Å². The molecule has 108 valence electrons. The summed E-state index contributed by atoms with van der Waals surface area (Å²) in [5.74, 6) is 0.241. The fourth-order valence-electron chi connectivity index (χ4n) is 3.44. The number of methoxy groups -OCH3 is 1. The number of nitrogens with zero attached hydrogens (tertiary/aromatic N) is 1. The molecule has 20 heavy (non-hydrogen) atoms. The zero-order valence-electron chi connectivity index (χ0n) is 12.0. The Morgan fingerprint density at radius 2 is 2.10 bits per heavy atom. The van der Waals surface area contributed by atoms with Crippen LogP contribution in [0.15, 0.2) is 24.3 Å². The van der Waals surface area contributed by atoms with Crippen LogP contribution in [0.1, 0.15) is 18.4 Å². The number of amides is 1. The van der Waals surface area contributed by atoms with Crippen LogP contribution < -0.4 is 10.2 Å². The smallest absolute Gasteiger partial charge is 0.235 e. The highest BCUT2D eigenvalue weighted by Gasteiger charge is 2.43. The number of carbonyl (C=O) groups is 1. The van der Waals surface area contributed by atoms with Crippen LogP contribution in [0.2, 0.25) is 0 Å². The predicted octanol–water partition coefficient (Wildman–Crippen LogP) is 1.59. The normalized spacial score (nSPS) is 20.8. The van der Waals surface area contributed by atoms with Crippen LogP contribution in [-0.2, 0) is 16.0 Å². The number of anilines is 1. The Morgan fingerprint density at radius 3 is 2.85 bits per heavy atom. The van der Waals surface area contributed by atoms with Gasteiger partial charge in [0.25, 0.3) is 0 Å². The van der Waals surface area contributed by atoms with Gasteiger partial charge in [0.1, 0.15) is 0 Å². The minimum atomic E-state index is -0.350. The Bertz CT molecular complexity index is 489. The highest BCUT2D eigenvalue weighted by atomic mass is 16.5. The molecule has 2 aliphatic rings. The minimum absolute atomic E-state index is 0.241. The van der Waals surface area contributed by atoms with Crippen molar-refractivity contribution in [2.45, 2.75) is 19.3 Å². The summed E-state index contributed by atoms with van der Waals surface area (Å²) in [5.41, 5.74) is 2.02. The number of piperidine rings is 1. The van der Waals surface area contributed by atoms with Crippen molar-refractivity contribution in [3.63, 3.8) is 0 Å². The molecule has 0 atom stereocenters. The summed E-state index contributed by atoms with van der Waals surface area (Å²) in [4.78, 5) is 15.1. The van der Waals surface area contributed by atoms with Crippen molar-refractivity contribution < 1.29 is 9.53 Å². The maximum atomic E-state index is 13.1. The molecule has 1 aromatic rings. The highest BCUT2D eigenvalue weighted by Crippen LogP contribution is 2.36. The van der Waals surface area contributed by atoms with Gasteiger partial charge in [-0.2, -0.15) is 0 Å². The van der Waals surface area contributed by atoms with Crippen molar-refractivity contribution in [2.24, 2.45) is 5.41 Å². The lowest BCUT2D eigenvalue weighted by Crippen LogP contribution is -2.51. The molecule has 1 N–H and O–H groups in total. The second-order valence-corrected chi connectivity index (χ2v) is 5.80. The molecule has 0 radical (unpaired) electrons. The average molecular weight is 274 g/mol. The number of carbonyl (C=O) groups excluding carboxylic acids is 1. The molecule has 1 fully saturated rings. The van der Waals surface area contributed by atoms with Crippen LogP contribution in [0.5, 0.6) is 0 Å². The number of para-hydroxylation sites is 1. The van der Waals surface area contributed by atoms with Gasteiger partial charge in [-0.1, -0.05) is 18.2 Å². The molecule has 1 aromatic carbocycles. The first kappa shape index (κ1) is 13.6. The van der Waals surface area contributed by atoms with Crippen LogP contribution in [0.3, 0.4) is 0 Å². The van der Waals surface area contributed by atoms with Crippen molar-refractivity contribution in [1.82, 2.24) is 5.32 Å². The van der Waals surface area contributed by atoms with E-state index in [9.17, 15) is 4.79 Å². The molecule has 0 saturated carbocycles. The van der Waals surface area contributed by atoms with Crippen molar-refractivity contribution >= 4 is 11.6 Å². The van der Waals surface area contributed by atoms with E-state index < -0.39 is 0 Å². The lowest BCUT2D eigenvalue weighted by Gasteiger charge is -2.38. The highest BCUT2D eigenvalue weighted by molar-refractivity contribution is 5.99. The predicted molar refractivity (Wildman–Crippen MR) is 78.9 cm³/mol. The van der Waals surface area contributed by atoms with Crippen molar-refractivity contribution in [1.29, 1.82) is 0 Å². The Labute approximate surface area is 120 Å². The fourth-order valence-corrected chi connectivity index (χ4v) is 3.44. The fraction of sp³-hybridized carbons (Fsp3) is 0.562. The van der Waals surface area contributed by atoms with Gasteiger partial charge in [-0.15, -0.1) is 0 Å². The number of rotatable bonds is 3. The quantitative estimate of drug-likeness (QED) is 0.910. The SMILES string of the molecule is COCC1(C(=O)N2CCc3ccccc32)CCNCC1. The lowest BCUT2D eigenvalue weighted by atomic mass is 9.78. The van der Waals surface area contributed by atoms with Crippen molar-refractivity contribution in [2.75, 3.05) is 38.3 Å². The van der Waals surface area contributed by atoms with E-state index in [1.165, 1.54) is 5.56 Å². The van der Waals surface area contributed by atoms with Gasteiger partial charge in [0.15, 0.2) is 0 Å². The maximum absolute atomic E-state index is 13.1. The van der Waals surface area contributed by atoms with E-state index in [-0.39, 0.29) is 11.3 Å². The van der Waals surface area contributed by atoms with Crippen molar-refractivity contribution in [3.05, 3.63) is 29.8 Å². The lowest BCUT2D eigenvalue weighted by molar-refractivity contribution is -0.133. The van der Waals surface area contributed by atoms with Gasteiger partial charge in [-0.25, -0.2) is 0 Å². The number of ether oxygens (including phenoxy) is 1. The van der Waals surface area contributed by atoms with Gasteiger partial charge in [-0.05, 0) is 44.0 Å². The molecule has 0 aliphatic carbocycles. The molecule has 0 aromatic heterocycles. The summed E-state index contributed by atoms with van der Waals surface area (Å²) < 4.78 is 5.38. The van der Waals surface area contributed by atoms with Gasteiger partial charge < -0.3 is 15.0 Å². The number of fused-ring (bicyclic) bond motifs is 1. The Hall–Kier alpha value is -1.39. The van der Waals surface area contributed by atoms with Crippen LogP contribution in [0.25, 0.3) is 0 Å². The van der Waals surface area contributed by atoms with E-state index in [1.54, 1.807) is 7.11 Å². The number of hydrogen-bond acceptors (Lipinski definition) is 3. The van der Waals surface area contributed by atoms with Crippen LogP contribution in [0.4, 0.5) is 5.69 Å². The molecule has 0 unspecified atom stereocenters. The summed E-state index contributed by atoms with van der Waals surface area (Å²) >= 11 is 0. The zero-order chi connectivity index (χ0) is 14.0. The van der Waals surface area contributed by atoms with E-state index in [0.717, 1.165) is 44.6 Å². The van der Waals surface area contributed by atoms with Gasteiger partial charge in [0.05, 0.1) is 12.0 Å². The van der Waals surface area contributed by atoms with Gasteiger partial charge in [0.2, 0.25) is 5.91 Å². The summed E-state index contributed by atoms with van der Waals surface area (Å²) in [6.45, 7) is 3.11. The summed E-state index contributed by atoms with van der Waals surface area (Å²) in [5, 5.41) is 3.34. The molecule has 3 rings (SSSR count). The third kappa shape index (κ3) is 2.23. The monoisotopic (exact) mass is 274 g/mol. The van der Waals surface area contributed by atoms with Gasteiger partial charge in [-0.3, -0.25) is 4.79 Å². The summed E-state index contributed by atoms with van der Waals surface area (Å²) in [6.07, 6.45) is 2.68. The Balaban J connectivity index is 1.87. The first-order valence-electron chi connectivity index (χ1n) is 7.36. The molecular weight excluding hydrogens is 252 g/mol. The molecule has 1 amide bonds. The summed E-state index contributed by atoms with van der Waals surface area (Å²) in [7, 11) is 1.69. The molecule has 2 aliphatic heterocycles. The third-order valence-electron chi connectivity index (χ3n) is 4.57. The Morgan fingerprint density at radius 1 is 1.35 bits per heavy atom. The minimum Gasteiger partial charge on any atom is -0.384 e. The molecule has 4 heteroatoms. The molecular formula is C16H22N2O2. The number of hydrogen-bond donors (Lipinski definition) is 1. The van der Waals surface area contributed by atoms with Gasteiger partial charge >= 0.3 is 0 Å². The second kappa shape index (κ2) is 5.54. The third-order valence-corrected chi connectivity index (χ3v) is 4.57. The molecule has 2 heterocycles. The van der Waals surface area contributed by atoms with Crippen LogP contribution >= 0.6 is 0 Å². The van der Waals surface area contributed by atoms with Crippen LogP contribution in [-0.4, -0.2) is 39.3 Å². The first-order valence-corrected chi connectivity index (χ1v) is 7.36. The topological polar surface area (TPSA) is 41.6 Å². The molecule has 0 bridgehead atoms. The van der Waals surface area contributed by atoms with Crippen molar-refractivity contribution in [3.8, 4) is 0 Å². The molecule has 0 spiro atoms. The molecule has 4 nitrogen and oxygen atoms in total. The standard InChI is InChI=1S/C16H22N2O2/c1-20-12-16(7-9-17-10-8-16)15(19)18-11-6-13-4-2-3-5-14(13)18/h2-5,17H,6-12H2,1H3. The second-order valence-electron chi connectivity index (χ2n) is 5.80. The van der Waals surface area contributed by atoms with E-state index in [1.807, 2.05) is 17.0 Å². The summed E-state index contributed by atoms with van der Waals surface area (Å²) in [6, 6.07) is 8.23. The van der Waals surface area contributed by atoms with E-state index in [0.29, 0.717) is 6.61 Å². The first-order chi connectivity index (χ1) is 9.77. The van der Waals surface area contributed by atoms with Crippen LogP contribution in [0, 0.1) is 5.41 Å². The maximum Gasteiger partial charge on any atom is 0.235 e. The Kier molecular flexibility index (Phi) is 3.76. The zero-order valence-corrected chi connectivity index (χ0v) is 12.0. The number of benzene rings is 1. The van der Waals surface area contributed by atoms with E-state index in [2.05, 4.69) is 17.4 Å².